The number of hydrogen-bond donors (Lipinski definition) is 3. The number of β-amino-alcohol motifs (C(OH)–C–C–N with tert-alkyl or cyclic N) is 1. The van der Waals surface area contributed by atoms with Crippen LogP contribution in [0.4, 0.5) is 4.39 Å². The third-order valence-corrected chi connectivity index (χ3v) is 6.51. The first kappa shape index (κ1) is 29.6. The molecule has 3 aromatic carbocycles. The van der Waals surface area contributed by atoms with Crippen molar-refractivity contribution in [2.24, 2.45) is 0 Å². The summed E-state index contributed by atoms with van der Waals surface area (Å²) < 4.78 is 26.4. The summed E-state index contributed by atoms with van der Waals surface area (Å²) in [6.45, 7) is 9.73. The van der Waals surface area contributed by atoms with Gasteiger partial charge >= 0.3 is 5.97 Å². The molecule has 0 amide bonds. The summed E-state index contributed by atoms with van der Waals surface area (Å²) in [5.41, 5.74) is 2.52. The lowest BCUT2D eigenvalue weighted by Crippen LogP contribution is -2.46. The second kappa shape index (κ2) is 12.7. The lowest BCUT2D eigenvalue weighted by atomic mass is 9.94. The number of carbonyl (C=O) groups is 1. The van der Waals surface area contributed by atoms with Crippen molar-refractivity contribution in [3.05, 3.63) is 93.3 Å². The lowest BCUT2D eigenvalue weighted by Gasteiger charge is -2.28. The molecule has 8 heteroatoms. The molecule has 0 fully saturated rings. The predicted octanol–water partition coefficient (Wildman–Crippen LogP) is 6.64. The average molecular weight is 544 g/mol. The summed E-state index contributed by atoms with van der Waals surface area (Å²) in [7, 11) is 0. The van der Waals surface area contributed by atoms with Crippen LogP contribution in [0.5, 0.6) is 11.5 Å². The number of aryl methyl sites for hydroxylation is 2. The van der Waals surface area contributed by atoms with Crippen LogP contribution in [0.3, 0.4) is 0 Å². The van der Waals surface area contributed by atoms with Gasteiger partial charge in [-0.15, -0.1) is 0 Å². The molecule has 1 unspecified atom stereocenters. The van der Waals surface area contributed by atoms with Gasteiger partial charge in [0.05, 0.1) is 24.4 Å². The molecule has 204 valence electrons. The molecule has 0 aliphatic rings. The van der Waals surface area contributed by atoms with Crippen LogP contribution in [-0.4, -0.2) is 41.0 Å². The summed E-state index contributed by atoms with van der Waals surface area (Å²) >= 11 is 5.85. The van der Waals surface area contributed by atoms with E-state index in [1.54, 1.807) is 24.3 Å². The summed E-state index contributed by atoms with van der Waals surface area (Å²) in [4.78, 5) is 11.4. The molecule has 0 bridgehead atoms. The zero-order chi connectivity index (χ0) is 28.0. The minimum Gasteiger partial charge on any atom is -0.478 e. The highest BCUT2D eigenvalue weighted by Crippen LogP contribution is 2.35. The Morgan fingerprint density at radius 2 is 1.76 bits per heavy atom. The van der Waals surface area contributed by atoms with Gasteiger partial charge in [0, 0.05) is 22.7 Å². The Morgan fingerprint density at radius 1 is 1.11 bits per heavy atom. The summed E-state index contributed by atoms with van der Waals surface area (Å²) in [5, 5.41) is 23.5. The quantitative estimate of drug-likeness (QED) is 0.237. The summed E-state index contributed by atoms with van der Waals surface area (Å²) in [6, 6.07) is 15.3. The molecular formula is C30H35ClFNO5. The van der Waals surface area contributed by atoms with Crippen molar-refractivity contribution >= 4 is 17.6 Å². The van der Waals surface area contributed by atoms with E-state index < -0.39 is 17.6 Å². The molecule has 0 aromatic heterocycles. The largest absolute Gasteiger partial charge is 0.478 e. The Morgan fingerprint density at radius 3 is 2.39 bits per heavy atom. The predicted molar refractivity (Wildman–Crippen MR) is 147 cm³/mol. The second-order valence-corrected chi connectivity index (χ2v) is 10.6. The van der Waals surface area contributed by atoms with Crippen LogP contribution in [0.2, 0.25) is 5.02 Å². The molecule has 0 heterocycles. The van der Waals surface area contributed by atoms with Crippen molar-refractivity contribution < 1.29 is 28.9 Å². The van der Waals surface area contributed by atoms with E-state index in [1.165, 1.54) is 6.07 Å². The summed E-state index contributed by atoms with van der Waals surface area (Å²) in [6.07, 6.45) is -0.736. The van der Waals surface area contributed by atoms with E-state index in [-0.39, 0.29) is 30.6 Å². The van der Waals surface area contributed by atoms with Crippen LogP contribution in [-0.2, 0) is 11.2 Å². The number of para-hydroxylation sites is 1. The van der Waals surface area contributed by atoms with E-state index in [1.807, 2.05) is 58.9 Å². The van der Waals surface area contributed by atoms with Gasteiger partial charge in [-0.05, 0) is 88.1 Å². The topological polar surface area (TPSA) is 88.0 Å². The maximum Gasteiger partial charge on any atom is 0.335 e. The van der Waals surface area contributed by atoms with Crippen LogP contribution in [0.1, 0.15) is 59.5 Å². The molecule has 0 saturated carbocycles. The number of aromatic carboxylic acids is 1. The first-order valence-corrected chi connectivity index (χ1v) is 12.8. The van der Waals surface area contributed by atoms with E-state index >= 15 is 0 Å². The normalized spacial score (nSPS) is 13.3. The van der Waals surface area contributed by atoms with Crippen LogP contribution in [0.25, 0.3) is 0 Å². The zero-order valence-corrected chi connectivity index (χ0v) is 23.1. The van der Waals surface area contributed by atoms with Crippen molar-refractivity contribution in [3.8, 4) is 11.5 Å². The molecule has 0 spiro atoms. The number of nitrogens with one attached hydrogen (secondary N) is 1. The maximum atomic E-state index is 14.2. The fourth-order valence-corrected chi connectivity index (χ4v) is 4.41. The smallest absolute Gasteiger partial charge is 0.335 e. The van der Waals surface area contributed by atoms with E-state index in [4.69, 9.17) is 21.1 Å². The monoisotopic (exact) mass is 543 g/mol. The first-order chi connectivity index (χ1) is 17.9. The molecule has 0 aliphatic carbocycles. The Kier molecular flexibility index (Phi) is 9.90. The maximum absolute atomic E-state index is 14.2. The van der Waals surface area contributed by atoms with E-state index in [0.29, 0.717) is 39.6 Å². The van der Waals surface area contributed by atoms with Crippen LogP contribution in [0.15, 0.2) is 54.6 Å². The fourth-order valence-electron chi connectivity index (χ4n) is 4.26. The van der Waals surface area contributed by atoms with Gasteiger partial charge in [-0.25, -0.2) is 9.18 Å². The summed E-state index contributed by atoms with van der Waals surface area (Å²) in [5.74, 6) is -0.154. The molecule has 2 atom stereocenters. The number of carboxylic acid groups (broad SMARTS) is 1. The Balaban J connectivity index is 1.59. The minimum absolute atomic E-state index is 0.0826. The number of carboxylic acids is 1. The van der Waals surface area contributed by atoms with Crippen molar-refractivity contribution in [1.82, 2.24) is 5.32 Å². The molecule has 3 rings (SSSR count). The molecule has 3 aromatic rings. The van der Waals surface area contributed by atoms with Crippen molar-refractivity contribution in [2.75, 3.05) is 13.2 Å². The molecule has 6 nitrogen and oxygen atoms in total. The molecular weight excluding hydrogens is 509 g/mol. The van der Waals surface area contributed by atoms with Gasteiger partial charge in [-0.3, -0.25) is 0 Å². The van der Waals surface area contributed by atoms with Gasteiger partial charge < -0.3 is 25.0 Å². The SMILES string of the molecule is Cc1cc(C(=O)O)cc(C)c1Oc1ccccc1C(C)OC[C@@H](O)CNC(C)(C)Cc1ccc(Cl)cc1F. The molecule has 0 aliphatic heterocycles. The van der Waals surface area contributed by atoms with Gasteiger partial charge in [0.15, 0.2) is 0 Å². The van der Waals surface area contributed by atoms with Crippen LogP contribution < -0.4 is 10.1 Å². The van der Waals surface area contributed by atoms with Crippen LogP contribution in [0, 0.1) is 19.7 Å². The number of aliphatic hydroxyl groups is 1. The number of rotatable bonds is 12. The highest BCUT2D eigenvalue weighted by molar-refractivity contribution is 6.30. The number of ether oxygens (including phenoxy) is 2. The molecule has 38 heavy (non-hydrogen) atoms. The lowest BCUT2D eigenvalue weighted by molar-refractivity contribution is -0.00483. The highest BCUT2D eigenvalue weighted by Gasteiger charge is 2.22. The molecule has 3 N–H and O–H groups in total. The van der Waals surface area contributed by atoms with Gasteiger partial charge in [0.2, 0.25) is 0 Å². The standard InChI is InChI=1S/C30H35ClFNO5/c1-18-12-22(29(35)36)13-19(2)28(18)38-27-9-7-6-8-25(27)20(3)37-17-24(34)16-33-30(4,5)15-21-10-11-23(31)14-26(21)32/h6-14,20,24,33-34H,15-17H2,1-5H3,(H,35,36)/t20?,24-/m0/s1. The fraction of sp³-hybridized carbons (Fsp3) is 0.367. The number of halogens is 2. The van der Waals surface area contributed by atoms with E-state index in [9.17, 15) is 19.4 Å². The van der Waals surface area contributed by atoms with Gasteiger partial charge in [-0.2, -0.15) is 0 Å². The van der Waals surface area contributed by atoms with Gasteiger partial charge in [0.25, 0.3) is 0 Å². The van der Waals surface area contributed by atoms with Crippen molar-refractivity contribution in [2.45, 2.75) is 58.8 Å². The third kappa shape index (κ3) is 8.01. The zero-order valence-electron chi connectivity index (χ0n) is 22.3. The Labute approximate surface area is 228 Å². The molecule has 0 radical (unpaired) electrons. The Bertz CT molecular complexity index is 1260. The minimum atomic E-state index is -0.987. The van der Waals surface area contributed by atoms with E-state index in [0.717, 1.165) is 5.56 Å². The van der Waals surface area contributed by atoms with Crippen molar-refractivity contribution in [3.63, 3.8) is 0 Å². The third-order valence-electron chi connectivity index (χ3n) is 6.28. The number of aliphatic hydroxyl groups excluding tert-OH is 1. The van der Waals surface area contributed by atoms with E-state index in [2.05, 4.69) is 5.32 Å². The van der Waals surface area contributed by atoms with Crippen molar-refractivity contribution in [1.29, 1.82) is 0 Å². The second-order valence-electron chi connectivity index (χ2n) is 10.2. The first-order valence-electron chi connectivity index (χ1n) is 12.5. The van der Waals surface area contributed by atoms with Gasteiger partial charge in [0.1, 0.15) is 17.3 Å². The average Bonchev–Trinajstić information content (AvgIpc) is 2.85. The number of benzene rings is 3. The molecule has 0 saturated heterocycles. The number of hydrogen-bond acceptors (Lipinski definition) is 5. The van der Waals surface area contributed by atoms with Crippen LogP contribution >= 0.6 is 11.6 Å². The Hall–Kier alpha value is -2.97. The van der Waals surface area contributed by atoms with Gasteiger partial charge in [-0.1, -0.05) is 35.9 Å². The highest BCUT2D eigenvalue weighted by atomic mass is 35.5.